The molecule has 0 saturated carbocycles. The van der Waals surface area contributed by atoms with Gasteiger partial charge in [-0.15, -0.1) is 0 Å². The van der Waals surface area contributed by atoms with Crippen molar-refractivity contribution in [3.8, 4) is 0 Å². The summed E-state index contributed by atoms with van der Waals surface area (Å²) in [7, 11) is 2.82. The number of carbonyl (C=O) groups excluding carboxylic acids is 1. The number of oxime groups is 1. The molecule has 2 atom stereocenters. The molecule has 140 valence electrons. The first-order valence-electron chi connectivity index (χ1n) is 8.79. The van der Waals surface area contributed by atoms with Gasteiger partial charge in [0.1, 0.15) is 7.11 Å². The Kier molecular flexibility index (Phi) is 6.79. The summed E-state index contributed by atoms with van der Waals surface area (Å²) in [6, 6.07) is 0. The van der Waals surface area contributed by atoms with Crippen molar-refractivity contribution in [1.29, 1.82) is 0 Å². The van der Waals surface area contributed by atoms with E-state index in [2.05, 4.69) is 37.8 Å². The third-order valence-corrected chi connectivity index (χ3v) is 4.83. The van der Waals surface area contributed by atoms with E-state index < -0.39 is 5.97 Å². The van der Waals surface area contributed by atoms with E-state index in [1.165, 1.54) is 30.9 Å². The lowest BCUT2D eigenvalue weighted by atomic mass is 9.84. The first kappa shape index (κ1) is 19.7. The summed E-state index contributed by atoms with van der Waals surface area (Å²) in [5, 5.41) is 3.97. The van der Waals surface area contributed by atoms with Crippen LogP contribution in [0.25, 0.3) is 0 Å². The first-order chi connectivity index (χ1) is 11.8. The average molecular weight is 350 g/mol. The van der Waals surface area contributed by atoms with Gasteiger partial charge in [-0.05, 0) is 51.7 Å². The number of esters is 1. The summed E-state index contributed by atoms with van der Waals surface area (Å²) in [4.78, 5) is 19.5. The molecule has 1 aliphatic heterocycles. The van der Waals surface area contributed by atoms with Crippen molar-refractivity contribution in [2.24, 2.45) is 5.16 Å². The summed E-state index contributed by atoms with van der Waals surface area (Å²) >= 11 is 0. The number of carbonyl (C=O) groups is 1. The molecule has 2 aliphatic rings. The minimum atomic E-state index is -0.453. The van der Waals surface area contributed by atoms with Gasteiger partial charge in [0.05, 0.1) is 19.3 Å². The molecule has 0 radical (unpaired) electrons. The molecule has 1 fully saturated rings. The van der Waals surface area contributed by atoms with Crippen LogP contribution in [-0.4, -0.2) is 62.6 Å². The standard InChI is InChI=1S/C19H30N2O4/c1-12-7-16(11-21-9-14(3)25-15(4)10-21)17(8-13(12)2)18(20-24-6)19(22)23-5/h14-15H,7-11H2,1-6H3/b20-18-. The second kappa shape index (κ2) is 8.63. The highest BCUT2D eigenvalue weighted by Gasteiger charge is 2.29. The van der Waals surface area contributed by atoms with Crippen molar-refractivity contribution in [2.45, 2.75) is 52.7 Å². The van der Waals surface area contributed by atoms with Gasteiger partial charge in [-0.25, -0.2) is 4.79 Å². The predicted octanol–water partition coefficient (Wildman–Crippen LogP) is 2.70. The van der Waals surface area contributed by atoms with E-state index in [0.29, 0.717) is 6.42 Å². The van der Waals surface area contributed by atoms with Gasteiger partial charge in [0.2, 0.25) is 0 Å². The maximum Gasteiger partial charge on any atom is 0.360 e. The molecule has 25 heavy (non-hydrogen) atoms. The highest BCUT2D eigenvalue weighted by molar-refractivity contribution is 6.43. The van der Waals surface area contributed by atoms with Crippen molar-refractivity contribution in [3.63, 3.8) is 0 Å². The van der Waals surface area contributed by atoms with Crippen LogP contribution >= 0.6 is 0 Å². The molecule has 0 aromatic carbocycles. The molecule has 0 aromatic heterocycles. The Labute approximate surface area is 150 Å². The Hall–Kier alpha value is -1.66. The fourth-order valence-electron chi connectivity index (χ4n) is 3.61. The zero-order valence-corrected chi connectivity index (χ0v) is 16.2. The van der Waals surface area contributed by atoms with E-state index in [-0.39, 0.29) is 17.9 Å². The molecule has 6 nitrogen and oxygen atoms in total. The average Bonchev–Trinajstić information content (AvgIpc) is 2.54. The monoisotopic (exact) mass is 350 g/mol. The Balaban J connectivity index is 2.33. The van der Waals surface area contributed by atoms with Gasteiger partial charge in [0.15, 0.2) is 5.71 Å². The Morgan fingerprint density at radius 2 is 1.76 bits per heavy atom. The molecule has 6 heteroatoms. The molecule has 1 aliphatic carbocycles. The normalized spacial score (nSPS) is 26.1. The minimum Gasteiger partial charge on any atom is -0.464 e. The highest BCUT2D eigenvalue weighted by Crippen LogP contribution is 2.32. The van der Waals surface area contributed by atoms with Crippen molar-refractivity contribution in [2.75, 3.05) is 33.9 Å². The summed E-state index contributed by atoms with van der Waals surface area (Å²) in [6.45, 7) is 11.0. The lowest BCUT2D eigenvalue weighted by molar-refractivity contribution is -0.132. The van der Waals surface area contributed by atoms with E-state index >= 15 is 0 Å². The fourth-order valence-corrected chi connectivity index (χ4v) is 3.61. The van der Waals surface area contributed by atoms with Crippen molar-refractivity contribution < 1.29 is 19.1 Å². The largest absolute Gasteiger partial charge is 0.464 e. The SMILES string of the molecule is CO/N=C(\C(=O)OC)C1=C(CN2CC(C)OC(C)C2)CC(C)=C(C)C1. The maximum absolute atomic E-state index is 12.2. The molecule has 0 bridgehead atoms. The zero-order valence-electron chi connectivity index (χ0n) is 16.2. The second-order valence-electron chi connectivity index (χ2n) is 7.06. The van der Waals surface area contributed by atoms with E-state index in [1.54, 1.807) is 0 Å². The van der Waals surface area contributed by atoms with Crippen molar-refractivity contribution >= 4 is 11.7 Å². The number of hydrogen-bond acceptors (Lipinski definition) is 6. The number of rotatable bonds is 5. The minimum absolute atomic E-state index is 0.211. The number of morpholine rings is 1. The van der Waals surface area contributed by atoms with Crippen LogP contribution in [0.15, 0.2) is 27.4 Å². The third-order valence-electron chi connectivity index (χ3n) is 4.83. The number of nitrogens with zero attached hydrogens (tertiary/aromatic N) is 2. The Morgan fingerprint density at radius 1 is 1.16 bits per heavy atom. The van der Waals surface area contributed by atoms with Crippen LogP contribution in [0.1, 0.15) is 40.5 Å². The van der Waals surface area contributed by atoms with E-state index in [4.69, 9.17) is 14.3 Å². The van der Waals surface area contributed by atoms with Crippen molar-refractivity contribution in [1.82, 2.24) is 4.90 Å². The Morgan fingerprint density at radius 3 is 2.32 bits per heavy atom. The van der Waals surface area contributed by atoms with Crippen molar-refractivity contribution in [3.05, 3.63) is 22.3 Å². The molecular formula is C19H30N2O4. The molecule has 0 N–H and O–H groups in total. The van der Waals surface area contributed by atoms with Crippen LogP contribution < -0.4 is 0 Å². The van der Waals surface area contributed by atoms with E-state index in [1.807, 2.05) is 0 Å². The van der Waals surface area contributed by atoms with E-state index in [0.717, 1.165) is 31.6 Å². The second-order valence-corrected chi connectivity index (χ2v) is 7.06. The maximum atomic E-state index is 12.2. The van der Waals surface area contributed by atoms with Crippen LogP contribution in [0.3, 0.4) is 0 Å². The third kappa shape index (κ3) is 4.92. The van der Waals surface area contributed by atoms with Gasteiger partial charge in [-0.2, -0.15) is 0 Å². The zero-order chi connectivity index (χ0) is 18.6. The van der Waals surface area contributed by atoms with Gasteiger partial charge in [-0.3, -0.25) is 4.90 Å². The van der Waals surface area contributed by atoms with E-state index in [9.17, 15) is 4.79 Å². The van der Waals surface area contributed by atoms with Gasteiger partial charge >= 0.3 is 5.97 Å². The summed E-state index contributed by atoms with van der Waals surface area (Å²) in [5.74, 6) is -0.453. The smallest absolute Gasteiger partial charge is 0.360 e. The topological polar surface area (TPSA) is 60.4 Å². The van der Waals surface area contributed by atoms with Crippen LogP contribution in [-0.2, 0) is 19.1 Å². The Bertz CT molecular complexity index is 597. The van der Waals surface area contributed by atoms with Gasteiger partial charge in [-0.1, -0.05) is 16.3 Å². The van der Waals surface area contributed by atoms with Crippen LogP contribution in [0.2, 0.25) is 0 Å². The fraction of sp³-hybridized carbons (Fsp3) is 0.684. The highest BCUT2D eigenvalue weighted by atomic mass is 16.6. The summed E-state index contributed by atoms with van der Waals surface area (Å²) < 4.78 is 10.7. The lowest BCUT2D eigenvalue weighted by Crippen LogP contribution is -2.46. The molecule has 0 spiro atoms. The molecule has 0 aromatic rings. The van der Waals surface area contributed by atoms with Gasteiger partial charge in [0.25, 0.3) is 0 Å². The van der Waals surface area contributed by atoms with Gasteiger partial charge in [0, 0.05) is 19.6 Å². The number of methoxy groups -OCH3 is 1. The molecule has 0 amide bonds. The van der Waals surface area contributed by atoms with Gasteiger partial charge < -0.3 is 14.3 Å². The predicted molar refractivity (Wildman–Crippen MR) is 97.5 cm³/mol. The number of ether oxygens (including phenoxy) is 2. The molecule has 2 unspecified atom stereocenters. The van der Waals surface area contributed by atoms with Crippen LogP contribution in [0, 0.1) is 0 Å². The quantitative estimate of drug-likeness (QED) is 0.330. The lowest BCUT2D eigenvalue weighted by Gasteiger charge is -2.37. The van der Waals surface area contributed by atoms with Crippen LogP contribution in [0.5, 0.6) is 0 Å². The number of allylic oxidation sites excluding steroid dienone is 2. The molecule has 1 saturated heterocycles. The summed E-state index contributed by atoms with van der Waals surface area (Å²) in [5.41, 5.74) is 5.06. The molecule has 2 rings (SSSR count). The first-order valence-corrected chi connectivity index (χ1v) is 8.79. The molecule has 1 heterocycles. The number of hydrogen-bond donors (Lipinski definition) is 0. The summed E-state index contributed by atoms with van der Waals surface area (Å²) in [6.07, 6.45) is 1.97. The molecular weight excluding hydrogens is 320 g/mol. The van der Waals surface area contributed by atoms with Crippen LogP contribution in [0.4, 0.5) is 0 Å².